The van der Waals surface area contributed by atoms with Crippen LogP contribution in [0.4, 0.5) is 5.13 Å². The van der Waals surface area contributed by atoms with Gasteiger partial charge in [-0.25, -0.2) is 0 Å². The number of aliphatic hydroxyl groups excluding tert-OH is 1. The molecule has 1 aliphatic rings. The number of carbonyl (C=O) groups excluding carboxylic acids is 2. The van der Waals surface area contributed by atoms with Gasteiger partial charge >= 0.3 is 0 Å². The molecule has 4 aromatic rings. The molecule has 1 aliphatic heterocycles. The highest BCUT2D eigenvalue weighted by Crippen LogP contribution is 2.44. The summed E-state index contributed by atoms with van der Waals surface area (Å²) in [5.41, 5.74) is 1.11. The Bertz CT molecular complexity index is 1280. The molecule has 32 heavy (non-hydrogen) atoms. The highest BCUT2D eigenvalue weighted by Gasteiger charge is 2.47. The number of Topliss-reactive ketones (excluding diaryl/α,β-unsaturated/α-hetero) is 1. The molecule has 1 N–H and O–H groups in total. The molecule has 3 aromatic heterocycles. The van der Waals surface area contributed by atoms with E-state index >= 15 is 0 Å². The molecular formula is C22H15N3O4S3. The van der Waals surface area contributed by atoms with Crippen LogP contribution in [-0.2, 0) is 10.5 Å². The standard InChI is InChI=1S/C22H15N3O4S3/c26-18(15-9-5-11-30-15)16-17(14-8-4-10-29-14)25(20(28)19(16)27)21-23-24-22(32-21)31-12-13-6-2-1-3-7-13/h1-11,17,27H,12H2/t17-/m0/s1. The van der Waals surface area contributed by atoms with Gasteiger partial charge in [-0.05, 0) is 29.1 Å². The first kappa shape index (κ1) is 20.7. The Labute approximate surface area is 195 Å². The van der Waals surface area contributed by atoms with Gasteiger partial charge < -0.3 is 9.52 Å². The maximum atomic E-state index is 13.1. The van der Waals surface area contributed by atoms with E-state index in [9.17, 15) is 14.7 Å². The lowest BCUT2D eigenvalue weighted by Gasteiger charge is -2.21. The normalized spacial score (nSPS) is 16.2. The van der Waals surface area contributed by atoms with E-state index in [2.05, 4.69) is 10.2 Å². The second-order valence-electron chi connectivity index (χ2n) is 6.79. The van der Waals surface area contributed by atoms with E-state index in [1.54, 1.807) is 29.6 Å². The molecule has 0 saturated carbocycles. The van der Waals surface area contributed by atoms with Crippen molar-refractivity contribution in [2.45, 2.75) is 16.1 Å². The van der Waals surface area contributed by atoms with Crippen LogP contribution in [0.5, 0.6) is 0 Å². The Balaban J connectivity index is 1.47. The number of hydrogen-bond donors (Lipinski definition) is 1. The van der Waals surface area contributed by atoms with Crippen LogP contribution in [0.25, 0.3) is 0 Å². The number of nitrogens with zero attached hydrogens (tertiary/aromatic N) is 3. The van der Waals surface area contributed by atoms with Crippen molar-refractivity contribution in [1.29, 1.82) is 0 Å². The Morgan fingerprint density at radius 3 is 2.69 bits per heavy atom. The van der Waals surface area contributed by atoms with Crippen molar-refractivity contribution in [3.8, 4) is 0 Å². The van der Waals surface area contributed by atoms with Crippen LogP contribution >= 0.6 is 34.4 Å². The molecule has 0 fully saturated rings. The van der Waals surface area contributed by atoms with Crippen molar-refractivity contribution in [3.63, 3.8) is 0 Å². The molecule has 4 heterocycles. The van der Waals surface area contributed by atoms with Gasteiger partial charge in [-0.3, -0.25) is 14.5 Å². The van der Waals surface area contributed by atoms with E-state index in [-0.39, 0.29) is 10.7 Å². The molecule has 7 nitrogen and oxygen atoms in total. The summed E-state index contributed by atoms with van der Waals surface area (Å²) >= 11 is 3.97. The first-order valence-electron chi connectivity index (χ1n) is 9.52. The van der Waals surface area contributed by atoms with Crippen molar-refractivity contribution < 1.29 is 19.1 Å². The second kappa shape index (κ2) is 8.73. The van der Waals surface area contributed by atoms with Gasteiger partial charge in [-0.15, -0.1) is 21.5 Å². The lowest BCUT2D eigenvalue weighted by atomic mass is 10.0. The van der Waals surface area contributed by atoms with Gasteiger partial charge in [0.15, 0.2) is 10.1 Å². The van der Waals surface area contributed by atoms with Gasteiger partial charge in [0.1, 0.15) is 11.8 Å². The predicted octanol–water partition coefficient (Wildman–Crippen LogP) is 5.27. The molecule has 1 amide bonds. The Morgan fingerprint density at radius 1 is 1.12 bits per heavy atom. The lowest BCUT2D eigenvalue weighted by molar-refractivity contribution is -0.117. The molecule has 0 aliphatic carbocycles. The minimum atomic E-state index is -0.924. The highest BCUT2D eigenvalue weighted by atomic mass is 32.2. The van der Waals surface area contributed by atoms with Crippen molar-refractivity contribution in [1.82, 2.24) is 10.2 Å². The van der Waals surface area contributed by atoms with Crippen LogP contribution in [0.15, 0.2) is 86.3 Å². The summed E-state index contributed by atoms with van der Waals surface area (Å²) < 4.78 is 6.21. The van der Waals surface area contributed by atoms with Crippen LogP contribution in [0.2, 0.25) is 0 Å². The largest absolute Gasteiger partial charge is 0.503 e. The van der Waals surface area contributed by atoms with Crippen molar-refractivity contribution >= 4 is 51.3 Å². The molecule has 0 radical (unpaired) electrons. The highest BCUT2D eigenvalue weighted by molar-refractivity contribution is 8.00. The van der Waals surface area contributed by atoms with Crippen molar-refractivity contribution in [2.75, 3.05) is 4.90 Å². The predicted molar refractivity (Wildman–Crippen MR) is 123 cm³/mol. The van der Waals surface area contributed by atoms with E-state index in [0.29, 0.717) is 20.7 Å². The fourth-order valence-electron chi connectivity index (χ4n) is 3.37. The van der Waals surface area contributed by atoms with Gasteiger partial charge in [0.05, 0.1) is 16.7 Å². The summed E-state index contributed by atoms with van der Waals surface area (Å²) in [7, 11) is 0. The van der Waals surface area contributed by atoms with Gasteiger partial charge in [0.25, 0.3) is 5.91 Å². The third kappa shape index (κ3) is 3.77. The Hall–Kier alpha value is -3.21. The second-order valence-corrected chi connectivity index (χ2v) is 9.91. The zero-order valence-corrected chi connectivity index (χ0v) is 18.8. The Kier molecular flexibility index (Phi) is 5.64. The number of thiophene rings is 1. The number of hydrogen-bond acceptors (Lipinski definition) is 9. The quantitative estimate of drug-likeness (QED) is 0.218. The summed E-state index contributed by atoms with van der Waals surface area (Å²) in [4.78, 5) is 27.9. The van der Waals surface area contributed by atoms with Gasteiger partial charge in [0, 0.05) is 5.75 Å². The number of anilines is 1. The Morgan fingerprint density at radius 2 is 1.97 bits per heavy atom. The lowest BCUT2D eigenvalue weighted by Crippen LogP contribution is -2.30. The number of aliphatic hydroxyl groups is 1. The van der Waals surface area contributed by atoms with E-state index in [1.807, 2.05) is 30.3 Å². The van der Waals surface area contributed by atoms with Crippen LogP contribution in [-0.4, -0.2) is 27.0 Å². The number of thioether (sulfide) groups is 1. The average molecular weight is 482 g/mol. The summed E-state index contributed by atoms with van der Waals surface area (Å²) in [6, 6.07) is 15.8. The molecule has 0 unspecified atom stereocenters. The number of carbonyl (C=O) groups is 2. The molecule has 1 aromatic carbocycles. The summed E-state index contributed by atoms with van der Waals surface area (Å²) in [6.45, 7) is 0. The van der Waals surface area contributed by atoms with E-state index in [4.69, 9.17) is 4.42 Å². The van der Waals surface area contributed by atoms with Crippen LogP contribution in [0.1, 0.15) is 27.0 Å². The maximum Gasteiger partial charge on any atom is 0.296 e. The molecule has 0 saturated heterocycles. The molecule has 0 bridgehead atoms. The third-order valence-electron chi connectivity index (χ3n) is 4.82. The summed E-state index contributed by atoms with van der Waals surface area (Å²) in [5, 5.41) is 21.1. The van der Waals surface area contributed by atoms with Crippen LogP contribution in [0, 0.1) is 0 Å². The number of amides is 1. The molecule has 160 valence electrons. The zero-order valence-electron chi connectivity index (χ0n) is 16.4. The molecule has 10 heteroatoms. The minimum absolute atomic E-state index is 0.0268. The van der Waals surface area contributed by atoms with E-state index in [1.165, 1.54) is 45.6 Å². The monoisotopic (exact) mass is 481 g/mol. The van der Waals surface area contributed by atoms with Crippen molar-refractivity contribution in [2.24, 2.45) is 0 Å². The first-order valence-corrected chi connectivity index (χ1v) is 12.2. The smallest absolute Gasteiger partial charge is 0.296 e. The maximum absolute atomic E-state index is 13.1. The van der Waals surface area contributed by atoms with Gasteiger partial charge in [0.2, 0.25) is 10.9 Å². The first-order chi connectivity index (χ1) is 15.6. The molecular weight excluding hydrogens is 466 g/mol. The van der Waals surface area contributed by atoms with Crippen LogP contribution < -0.4 is 4.90 Å². The minimum Gasteiger partial charge on any atom is -0.503 e. The van der Waals surface area contributed by atoms with Crippen LogP contribution in [0.3, 0.4) is 0 Å². The molecule has 1 atom stereocenters. The number of ketones is 1. The number of rotatable bonds is 7. The molecule has 5 rings (SSSR count). The number of aromatic nitrogens is 2. The molecule has 0 spiro atoms. The number of furan rings is 1. The van der Waals surface area contributed by atoms with E-state index < -0.39 is 23.5 Å². The summed E-state index contributed by atoms with van der Waals surface area (Å²) in [5.74, 6) is -0.661. The topological polar surface area (TPSA) is 96.5 Å². The number of benzene rings is 1. The van der Waals surface area contributed by atoms with E-state index in [0.717, 1.165) is 5.56 Å². The van der Waals surface area contributed by atoms with Crippen molar-refractivity contribution in [3.05, 3.63) is 93.8 Å². The summed E-state index contributed by atoms with van der Waals surface area (Å²) in [6.07, 6.45) is 1.46. The van der Waals surface area contributed by atoms with Gasteiger partial charge in [-0.2, -0.15) is 0 Å². The van der Waals surface area contributed by atoms with Gasteiger partial charge in [-0.1, -0.05) is 59.5 Å². The fraction of sp³-hybridized carbons (Fsp3) is 0.0909. The zero-order chi connectivity index (χ0) is 22.1. The SMILES string of the molecule is O=C(C1=C(O)C(=O)N(c2nnc(SCc3ccccc3)s2)[C@H]1c1ccco1)c1cccs1. The third-order valence-corrected chi connectivity index (χ3v) is 7.81. The fourth-order valence-corrected chi connectivity index (χ4v) is 5.87. The average Bonchev–Trinajstić information content (AvgIpc) is 3.61.